The lowest BCUT2D eigenvalue weighted by Crippen LogP contribution is -2.26. The minimum absolute atomic E-state index is 0.0457. The van der Waals surface area contributed by atoms with Crippen LogP contribution in [0.2, 0.25) is 0 Å². The maximum Gasteiger partial charge on any atom is 0.269 e. The van der Waals surface area contributed by atoms with Crippen LogP contribution < -0.4 is 11.2 Å². The molecule has 1 amide bonds. The Morgan fingerprint density at radius 3 is 2.71 bits per heavy atom. The normalized spacial score (nSPS) is 11.1. The van der Waals surface area contributed by atoms with E-state index in [1.165, 1.54) is 30.6 Å². The number of non-ortho nitro benzene ring substituents is 1. The minimum Gasteiger partial charge on any atom is -0.382 e. The van der Waals surface area contributed by atoms with Gasteiger partial charge in [0.1, 0.15) is 6.54 Å². The summed E-state index contributed by atoms with van der Waals surface area (Å²) in [6.45, 7) is 0.0665. The number of amidine groups is 1. The van der Waals surface area contributed by atoms with Crippen molar-refractivity contribution in [2.75, 3.05) is 0 Å². The van der Waals surface area contributed by atoms with Crippen LogP contribution in [0, 0.1) is 10.1 Å². The van der Waals surface area contributed by atoms with Crippen molar-refractivity contribution >= 4 is 17.4 Å². The highest BCUT2D eigenvalue weighted by molar-refractivity contribution is 5.98. The van der Waals surface area contributed by atoms with Gasteiger partial charge in [-0.25, -0.2) is 10.4 Å². The summed E-state index contributed by atoms with van der Waals surface area (Å²) in [6, 6.07) is 5.54. The molecule has 1 aromatic heterocycles. The molecule has 1 aromatic carbocycles. The van der Waals surface area contributed by atoms with Crippen molar-refractivity contribution in [2.24, 2.45) is 10.8 Å². The molecule has 1 heterocycles. The maximum atomic E-state index is 11.6. The van der Waals surface area contributed by atoms with E-state index in [9.17, 15) is 14.9 Å². The zero-order valence-corrected chi connectivity index (χ0v) is 10.8. The predicted molar refractivity (Wildman–Crippen MR) is 74.2 cm³/mol. The fourth-order valence-corrected chi connectivity index (χ4v) is 1.52. The second-order valence-electron chi connectivity index (χ2n) is 4.07. The Hall–Kier alpha value is -3.23. The molecule has 9 heteroatoms. The van der Waals surface area contributed by atoms with Crippen LogP contribution in [0.4, 0.5) is 5.69 Å². The van der Waals surface area contributed by atoms with Gasteiger partial charge in [-0.3, -0.25) is 14.9 Å². The molecular formula is C12H12N6O3. The number of benzene rings is 1. The van der Waals surface area contributed by atoms with Gasteiger partial charge in [0.25, 0.3) is 11.6 Å². The number of nitrogens with zero attached hydrogens (tertiary/aromatic N) is 4. The summed E-state index contributed by atoms with van der Waals surface area (Å²) in [6.07, 6.45) is 4.70. The molecule has 21 heavy (non-hydrogen) atoms. The monoisotopic (exact) mass is 288 g/mol. The number of hydrazone groups is 1. The Balaban J connectivity index is 1.97. The van der Waals surface area contributed by atoms with E-state index >= 15 is 0 Å². The summed E-state index contributed by atoms with van der Waals surface area (Å²) in [5.74, 6) is -0.304. The van der Waals surface area contributed by atoms with E-state index in [0.29, 0.717) is 5.56 Å². The van der Waals surface area contributed by atoms with Crippen LogP contribution in [0.3, 0.4) is 0 Å². The van der Waals surface area contributed by atoms with Crippen LogP contribution in [0.5, 0.6) is 0 Å². The average molecular weight is 288 g/mol. The molecule has 0 aliphatic heterocycles. The molecule has 9 nitrogen and oxygen atoms in total. The number of hydrogen-bond acceptors (Lipinski definition) is 5. The van der Waals surface area contributed by atoms with Gasteiger partial charge in [0.2, 0.25) is 0 Å². The van der Waals surface area contributed by atoms with Crippen LogP contribution >= 0.6 is 0 Å². The number of nitro benzene ring substituents is 1. The molecule has 0 aliphatic rings. The number of nitrogens with one attached hydrogen (secondary N) is 1. The van der Waals surface area contributed by atoms with E-state index in [1.54, 1.807) is 17.0 Å². The van der Waals surface area contributed by atoms with Crippen molar-refractivity contribution in [1.29, 1.82) is 0 Å². The van der Waals surface area contributed by atoms with Crippen LogP contribution in [-0.4, -0.2) is 26.2 Å². The molecule has 0 spiro atoms. The third-order valence-electron chi connectivity index (χ3n) is 2.56. The summed E-state index contributed by atoms with van der Waals surface area (Å²) in [5, 5.41) is 14.3. The first-order valence-electron chi connectivity index (χ1n) is 5.89. The lowest BCUT2D eigenvalue weighted by Gasteiger charge is -2.03. The Labute approximate surface area is 119 Å². The average Bonchev–Trinajstić information content (AvgIpc) is 2.97. The summed E-state index contributed by atoms with van der Waals surface area (Å²) in [5.41, 5.74) is 8.42. The van der Waals surface area contributed by atoms with Crippen LogP contribution in [0.1, 0.15) is 5.56 Å². The van der Waals surface area contributed by atoms with Gasteiger partial charge < -0.3 is 10.3 Å². The van der Waals surface area contributed by atoms with E-state index < -0.39 is 4.92 Å². The van der Waals surface area contributed by atoms with Gasteiger partial charge >= 0.3 is 0 Å². The number of rotatable bonds is 5. The number of imidazole rings is 1. The molecule has 108 valence electrons. The molecule has 0 radical (unpaired) electrons. The van der Waals surface area contributed by atoms with Gasteiger partial charge in [-0.05, 0) is 12.1 Å². The van der Waals surface area contributed by atoms with Gasteiger partial charge in [0.15, 0.2) is 5.84 Å². The van der Waals surface area contributed by atoms with Crippen molar-refractivity contribution in [3.05, 3.63) is 58.7 Å². The Kier molecular flexibility index (Phi) is 4.24. The predicted octanol–water partition coefficient (Wildman–Crippen LogP) is 0.228. The van der Waals surface area contributed by atoms with E-state index in [2.05, 4.69) is 15.5 Å². The second-order valence-corrected chi connectivity index (χ2v) is 4.07. The summed E-state index contributed by atoms with van der Waals surface area (Å²) >= 11 is 0. The van der Waals surface area contributed by atoms with Crippen molar-refractivity contribution in [3.8, 4) is 0 Å². The van der Waals surface area contributed by atoms with Gasteiger partial charge in [-0.2, -0.15) is 5.10 Å². The number of hydrogen-bond donors (Lipinski definition) is 2. The molecule has 0 aliphatic carbocycles. The van der Waals surface area contributed by atoms with E-state index in [1.807, 2.05) is 0 Å². The molecule has 3 N–H and O–H groups in total. The number of carbonyl (C=O) groups excluding carboxylic acids is 1. The number of nitro groups is 1. The molecule has 0 bridgehead atoms. The van der Waals surface area contributed by atoms with E-state index in [4.69, 9.17) is 5.73 Å². The molecule has 0 unspecified atom stereocenters. The van der Waals surface area contributed by atoms with Crippen molar-refractivity contribution < 1.29 is 9.72 Å². The Bertz CT molecular complexity index is 663. The highest BCUT2D eigenvalue weighted by Crippen LogP contribution is 2.11. The summed E-state index contributed by atoms with van der Waals surface area (Å²) in [4.78, 5) is 25.4. The van der Waals surface area contributed by atoms with Crippen molar-refractivity contribution in [1.82, 2.24) is 15.0 Å². The first kappa shape index (κ1) is 14.2. The van der Waals surface area contributed by atoms with Crippen LogP contribution in [-0.2, 0) is 11.3 Å². The molecule has 0 saturated heterocycles. The number of amides is 1. The molecular weight excluding hydrogens is 276 g/mol. The topological polar surface area (TPSA) is 128 Å². The number of aromatic nitrogens is 2. The molecule has 0 fully saturated rings. The first-order chi connectivity index (χ1) is 10.1. The lowest BCUT2D eigenvalue weighted by molar-refractivity contribution is -0.384. The molecule has 0 saturated carbocycles. The van der Waals surface area contributed by atoms with E-state index in [-0.39, 0.29) is 24.0 Å². The van der Waals surface area contributed by atoms with Gasteiger partial charge in [-0.1, -0.05) is 0 Å². The molecule has 2 aromatic rings. The van der Waals surface area contributed by atoms with Gasteiger partial charge in [-0.15, -0.1) is 0 Å². The quantitative estimate of drug-likeness (QED) is 0.352. The van der Waals surface area contributed by atoms with Crippen LogP contribution in [0.25, 0.3) is 0 Å². The first-order valence-corrected chi connectivity index (χ1v) is 5.89. The van der Waals surface area contributed by atoms with E-state index in [0.717, 1.165) is 0 Å². The van der Waals surface area contributed by atoms with Crippen LogP contribution in [0.15, 0.2) is 48.1 Å². The third kappa shape index (κ3) is 3.86. The zero-order valence-electron chi connectivity index (χ0n) is 10.8. The summed E-state index contributed by atoms with van der Waals surface area (Å²) in [7, 11) is 0. The molecule has 2 rings (SSSR count). The van der Waals surface area contributed by atoms with Gasteiger partial charge in [0.05, 0.1) is 11.3 Å². The maximum absolute atomic E-state index is 11.6. The Morgan fingerprint density at radius 2 is 2.14 bits per heavy atom. The van der Waals surface area contributed by atoms with Gasteiger partial charge in [0, 0.05) is 30.1 Å². The minimum atomic E-state index is -0.510. The Morgan fingerprint density at radius 1 is 1.43 bits per heavy atom. The smallest absolute Gasteiger partial charge is 0.269 e. The summed E-state index contributed by atoms with van der Waals surface area (Å²) < 4.78 is 1.58. The second kappa shape index (κ2) is 6.28. The third-order valence-corrected chi connectivity index (χ3v) is 2.56. The zero-order chi connectivity index (χ0) is 15.2. The highest BCUT2D eigenvalue weighted by Gasteiger charge is 2.06. The standard InChI is InChI=1S/C12H12N6O3/c13-12(9-1-3-10(4-2-9)18(20)21)16-15-11(19)7-17-6-5-14-8-17/h1-6,8H,7H2,(H2,13,16)(H,15,19). The molecule has 0 atom stereocenters. The highest BCUT2D eigenvalue weighted by atomic mass is 16.6. The fraction of sp³-hybridized carbons (Fsp3) is 0.0833. The van der Waals surface area contributed by atoms with Crippen molar-refractivity contribution in [3.63, 3.8) is 0 Å². The fourth-order valence-electron chi connectivity index (χ4n) is 1.52. The van der Waals surface area contributed by atoms with Crippen molar-refractivity contribution in [2.45, 2.75) is 6.54 Å². The number of carbonyl (C=O) groups is 1. The largest absolute Gasteiger partial charge is 0.382 e. The SMILES string of the molecule is N/C(=N\NC(=O)Cn1ccnc1)c1ccc([N+](=O)[O-])cc1. The lowest BCUT2D eigenvalue weighted by atomic mass is 10.2. The number of nitrogens with two attached hydrogens (primary N) is 1.